The minimum atomic E-state index is -0.271. The Morgan fingerprint density at radius 2 is 2.53 bits per heavy atom. The minimum Gasteiger partial charge on any atom is -0.369 e. The second-order valence-electron chi connectivity index (χ2n) is 3.08. The summed E-state index contributed by atoms with van der Waals surface area (Å²) in [6.45, 7) is 2.05. The second-order valence-corrected chi connectivity index (χ2v) is 3.87. The fourth-order valence-electron chi connectivity index (χ4n) is 1.16. The molecule has 1 unspecified atom stereocenters. The van der Waals surface area contributed by atoms with Gasteiger partial charge in [0, 0.05) is 0 Å². The van der Waals surface area contributed by atoms with Gasteiger partial charge >= 0.3 is 0 Å². The van der Waals surface area contributed by atoms with Crippen molar-refractivity contribution < 1.29 is 0 Å². The Kier molecular flexibility index (Phi) is 4.37. The average molecular weight is 270 g/mol. The van der Waals surface area contributed by atoms with Crippen LogP contribution in [0.1, 0.15) is 19.8 Å². The predicted octanol–water partition coefficient (Wildman–Crippen LogP) is 1.75. The van der Waals surface area contributed by atoms with Crippen molar-refractivity contribution in [2.45, 2.75) is 25.8 Å². The number of aromatic nitrogens is 2. The Hall–Kier alpha value is -1.28. The van der Waals surface area contributed by atoms with E-state index in [1.807, 2.05) is 0 Å². The molecule has 0 saturated carbocycles. The molecule has 1 atom stereocenters. The molecular formula is C10H12BrN3O. The van der Waals surface area contributed by atoms with E-state index >= 15 is 0 Å². The monoisotopic (exact) mass is 269 g/mol. The van der Waals surface area contributed by atoms with Gasteiger partial charge in [-0.25, -0.2) is 5.10 Å². The molecule has 1 aromatic rings. The van der Waals surface area contributed by atoms with Gasteiger partial charge in [0.25, 0.3) is 5.56 Å². The molecule has 0 aliphatic rings. The van der Waals surface area contributed by atoms with Gasteiger partial charge in [-0.05, 0) is 22.4 Å². The Morgan fingerprint density at radius 1 is 1.80 bits per heavy atom. The van der Waals surface area contributed by atoms with Crippen molar-refractivity contribution in [1.82, 2.24) is 10.2 Å². The number of hydrogen-bond acceptors (Lipinski definition) is 3. The molecule has 4 nitrogen and oxygen atoms in total. The van der Waals surface area contributed by atoms with E-state index in [4.69, 9.17) is 6.42 Å². The smallest absolute Gasteiger partial charge is 0.280 e. The zero-order chi connectivity index (χ0) is 11.3. The molecule has 1 heterocycles. The highest BCUT2D eigenvalue weighted by atomic mass is 79.9. The van der Waals surface area contributed by atoms with Gasteiger partial charge in [0.1, 0.15) is 4.47 Å². The molecule has 1 rings (SSSR count). The maximum absolute atomic E-state index is 11.2. The first-order valence-electron chi connectivity index (χ1n) is 4.64. The Bertz CT molecular complexity index is 421. The number of rotatable bonds is 4. The molecule has 1 aromatic heterocycles. The first-order valence-corrected chi connectivity index (χ1v) is 5.44. The molecule has 0 aromatic carbocycles. The molecule has 0 spiro atoms. The lowest BCUT2D eigenvalue weighted by atomic mass is 10.2. The molecular weight excluding hydrogens is 258 g/mol. The number of anilines is 1. The summed E-state index contributed by atoms with van der Waals surface area (Å²) in [5.74, 6) is 2.63. The van der Waals surface area contributed by atoms with Crippen LogP contribution in [0.4, 0.5) is 5.69 Å². The normalized spacial score (nSPS) is 11.8. The highest BCUT2D eigenvalue weighted by molar-refractivity contribution is 9.10. The number of hydrogen-bond donors (Lipinski definition) is 2. The second kappa shape index (κ2) is 5.56. The number of aromatic amines is 1. The molecule has 0 saturated heterocycles. The van der Waals surface area contributed by atoms with E-state index in [1.165, 1.54) is 6.20 Å². The molecule has 0 radical (unpaired) electrons. The number of terminal acetylenes is 1. The molecule has 0 aliphatic heterocycles. The lowest BCUT2D eigenvalue weighted by molar-refractivity contribution is 0.753. The summed E-state index contributed by atoms with van der Waals surface area (Å²) < 4.78 is 0.425. The lowest BCUT2D eigenvalue weighted by Gasteiger charge is -2.13. The maximum Gasteiger partial charge on any atom is 0.280 e. The highest BCUT2D eigenvalue weighted by Crippen LogP contribution is 2.17. The van der Waals surface area contributed by atoms with Gasteiger partial charge in [-0.2, -0.15) is 5.10 Å². The van der Waals surface area contributed by atoms with Gasteiger partial charge in [0.2, 0.25) is 0 Å². The summed E-state index contributed by atoms with van der Waals surface area (Å²) in [5.41, 5.74) is 0.349. The van der Waals surface area contributed by atoms with Crippen LogP contribution >= 0.6 is 15.9 Å². The van der Waals surface area contributed by atoms with Gasteiger partial charge < -0.3 is 5.32 Å². The first kappa shape index (κ1) is 11.8. The Labute approximate surface area is 96.6 Å². The third-order valence-corrected chi connectivity index (χ3v) is 2.69. The van der Waals surface area contributed by atoms with Crippen molar-refractivity contribution in [2.24, 2.45) is 0 Å². The molecule has 0 fully saturated rings. The third kappa shape index (κ3) is 3.10. The quantitative estimate of drug-likeness (QED) is 0.819. The van der Waals surface area contributed by atoms with Crippen LogP contribution in [0.15, 0.2) is 15.5 Å². The molecule has 15 heavy (non-hydrogen) atoms. The third-order valence-electron chi connectivity index (χ3n) is 1.90. The van der Waals surface area contributed by atoms with Crippen molar-refractivity contribution in [1.29, 1.82) is 0 Å². The summed E-state index contributed by atoms with van der Waals surface area (Å²) in [6, 6.07) is -0.0742. The average Bonchev–Trinajstić information content (AvgIpc) is 2.24. The maximum atomic E-state index is 11.2. The number of nitrogens with zero attached hydrogens (tertiary/aromatic N) is 1. The van der Waals surface area contributed by atoms with Crippen molar-refractivity contribution in [3.8, 4) is 12.3 Å². The number of halogens is 1. The largest absolute Gasteiger partial charge is 0.369 e. The van der Waals surface area contributed by atoms with E-state index in [0.717, 1.165) is 12.8 Å². The Morgan fingerprint density at radius 3 is 3.13 bits per heavy atom. The standard InChI is InChI=1S/C10H12BrN3O/c1-3-5-7(4-2)13-8-6-12-14-10(15)9(8)11/h2,6-7H,3,5H2,1H3,(H2,13,14,15). The van der Waals surface area contributed by atoms with Gasteiger partial charge in [0.15, 0.2) is 0 Å². The van der Waals surface area contributed by atoms with Gasteiger partial charge in [-0.1, -0.05) is 19.3 Å². The summed E-state index contributed by atoms with van der Waals surface area (Å²) >= 11 is 3.17. The van der Waals surface area contributed by atoms with Crippen LogP contribution in [-0.4, -0.2) is 16.2 Å². The predicted molar refractivity (Wildman–Crippen MR) is 63.7 cm³/mol. The van der Waals surface area contributed by atoms with E-state index < -0.39 is 0 Å². The van der Waals surface area contributed by atoms with Crippen LogP contribution in [0.2, 0.25) is 0 Å². The van der Waals surface area contributed by atoms with Crippen molar-refractivity contribution >= 4 is 21.6 Å². The van der Waals surface area contributed by atoms with Crippen LogP contribution in [0.25, 0.3) is 0 Å². The summed E-state index contributed by atoms with van der Waals surface area (Å²) in [5, 5.41) is 9.09. The minimum absolute atomic E-state index is 0.0742. The van der Waals surface area contributed by atoms with Crippen LogP contribution in [0.5, 0.6) is 0 Å². The molecule has 80 valence electrons. The first-order chi connectivity index (χ1) is 7.19. The van der Waals surface area contributed by atoms with E-state index in [9.17, 15) is 4.79 Å². The van der Waals surface area contributed by atoms with E-state index in [-0.39, 0.29) is 11.6 Å². The van der Waals surface area contributed by atoms with E-state index in [2.05, 4.69) is 44.3 Å². The van der Waals surface area contributed by atoms with Crippen LogP contribution in [-0.2, 0) is 0 Å². The van der Waals surface area contributed by atoms with E-state index in [1.54, 1.807) is 0 Å². The molecule has 5 heteroatoms. The van der Waals surface area contributed by atoms with Crippen molar-refractivity contribution in [3.63, 3.8) is 0 Å². The zero-order valence-electron chi connectivity index (χ0n) is 8.38. The summed E-state index contributed by atoms with van der Waals surface area (Å²) in [4.78, 5) is 11.2. The van der Waals surface area contributed by atoms with Crippen molar-refractivity contribution in [3.05, 3.63) is 21.0 Å². The fourth-order valence-corrected chi connectivity index (χ4v) is 1.46. The Balaban J connectivity index is 2.85. The molecule has 0 amide bonds. The lowest BCUT2D eigenvalue weighted by Crippen LogP contribution is -2.20. The van der Waals surface area contributed by atoms with Crippen molar-refractivity contribution in [2.75, 3.05) is 5.32 Å². The highest BCUT2D eigenvalue weighted by Gasteiger charge is 2.08. The van der Waals surface area contributed by atoms with Crippen LogP contribution in [0, 0.1) is 12.3 Å². The van der Waals surface area contributed by atoms with E-state index in [0.29, 0.717) is 10.2 Å². The number of H-pyrrole nitrogens is 1. The van der Waals surface area contributed by atoms with Gasteiger partial charge in [-0.15, -0.1) is 6.42 Å². The number of nitrogens with one attached hydrogen (secondary N) is 2. The molecule has 2 N–H and O–H groups in total. The SMILES string of the molecule is C#CC(CCC)Nc1cn[nH]c(=O)c1Br. The summed E-state index contributed by atoms with van der Waals surface area (Å²) in [6.07, 6.45) is 8.73. The molecule has 0 bridgehead atoms. The zero-order valence-corrected chi connectivity index (χ0v) is 9.97. The van der Waals surface area contributed by atoms with Gasteiger partial charge in [0.05, 0.1) is 17.9 Å². The molecule has 0 aliphatic carbocycles. The van der Waals surface area contributed by atoms with Gasteiger partial charge in [-0.3, -0.25) is 4.79 Å². The van der Waals surface area contributed by atoms with Crippen LogP contribution < -0.4 is 10.9 Å². The topological polar surface area (TPSA) is 57.8 Å². The fraction of sp³-hybridized carbons (Fsp3) is 0.400. The van der Waals surface area contributed by atoms with Crippen LogP contribution in [0.3, 0.4) is 0 Å². The summed E-state index contributed by atoms with van der Waals surface area (Å²) in [7, 11) is 0.